The summed E-state index contributed by atoms with van der Waals surface area (Å²) in [5.74, 6) is 0.435. The van der Waals surface area contributed by atoms with Gasteiger partial charge in [-0.15, -0.1) is 11.8 Å². The summed E-state index contributed by atoms with van der Waals surface area (Å²) >= 11 is 1.69. The third-order valence-electron chi connectivity index (χ3n) is 2.94. The number of carboxylic acid groups (broad SMARTS) is 1. The minimum atomic E-state index is -1.03. The van der Waals surface area contributed by atoms with Gasteiger partial charge in [-0.25, -0.2) is 4.79 Å². The van der Waals surface area contributed by atoms with E-state index in [4.69, 9.17) is 9.84 Å². The fraction of sp³-hybridized carbons (Fsp3) is 0.429. The van der Waals surface area contributed by atoms with E-state index in [1.54, 1.807) is 36.0 Å². The highest BCUT2D eigenvalue weighted by Crippen LogP contribution is 2.26. The zero-order valence-corrected chi connectivity index (χ0v) is 11.8. The van der Waals surface area contributed by atoms with Crippen LogP contribution in [0, 0.1) is 0 Å². The standard InChI is InChI=1S/C14H17NO4S/c16-13(17)9-19-11-5-3-4-10(8-11)15-14(18)12-6-1-2-7-20-12/h3-5,8,12H,1-2,6-7,9H2,(H,15,18)(H,16,17). The summed E-state index contributed by atoms with van der Waals surface area (Å²) in [6, 6.07) is 6.78. The monoisotopic (exact) mass is 295 g/mol. The first-order chi connectivity index (χ1) is 9.65. The molecule has 0 saturated carbocycles. The van der Waals surface area contributed by atoms with Gasteiger partial charge in [0.25, 0.3) is 0 Å². The Balaban J connectivity index is 1.93. The second kappa shape index (κ2) is 7.19. The van der Waals surface area contributed by atoms with Crippen molar-refractivity contribution in [1.82, 2.24) is 0 Å². The van der Waals surface area contributed by atoms with Crippen molar-refractivity contribution >= 4 is 29.3 Å². The van der Waals surface area contributed by atoms with Gasteiger partial charge in [-0.05, 0) is 30.7 Å². The fourth-order valence-electron chi connectivity index (χ4n) is 1.98. The SMILES string of the molecule is O=C(O)COc1cccc(NC(=O)C2CCCCS2)c1. The van der Waals surface area contributed by atoms with E-state index in [0.717, 1.165) is 18.6 Å². The number of thioether (sulfide) groups is 1. The minimum Gasteiger partial charge on any atom is -0.482 e. The van der Waals surface area contributed by atoms with E-state index in [1.807, 2.05) is 0 Å². The molecule has 0 aromatic heterocycles. The number of benzene rings is 1. The van der Waals surface area contributed by atoms with Gasteiger partial charge in [0.15, 0.2) is 6.61 Å². The molecule has 2 rings (SSSR count). The molecule has 0 radical (unpaired) electrons. The number of carbonyl (C=O) groups excluding carboxylic acids is 1. The molecule has 0 bridgehead atoms. The Morgan fingerprint density at radius 3 is 2.95 bits per heavy atom. The van der Waals surface area contributed by atoms with Crippen LogP contribution in [0.3, 0.4) is 0 Å². The Bertz CT molecular complexity index is 486. The molecule has 20 heavy (non-hydrogen) atoms. The molecular formula is C14H17NO4S. The van der Waals surface area contributed by atoms with Gasteiger partial charge in [-0.3, -0.25) is 4.79 Å². The summed E-state index contributed by atoms with van der Waals surface area (Å²) in [7, 11) is 0. The first kappa shape index (κ1) is 14.7. The Hall–Kier alpha value is -1.69. The van der Waals surface area contributed by atoms with Crippen molar-refractivity contribution in [2.75, 3.05) is 17.7 Å². The number of anilines is 1. The van der Waals surface area contributed by atoms with E-state index in [1.165, 1.54) is 6.42 Å². The maximum Gasteiger partial charge on any atom is 0.341 e. The van der Waals surface area contributed by atoms with Crippen LogP contribution in [-0.2, 0) is 9.59 Å². The summed E-state index contributed by atoms with van der Waals surface area (Å²) < 4.78 is 5.08. The lowest BCUT2D eigenvalue weighted by molar-refractivity contribution is -0.139. The molecule has 1 saturated heterocycles. The van der Waals surface area contributed by atoms with Crippen LogP contribution < -0.4 is 10.1 Å². The quantitative estimate of drug-likeness (QED) is 0.872. The molecule has 1 aromatic carbocycles. The molecule has 1 heterocycles. The summed E-state index contributed by atoms with van der Waals surface area (Å²) in [5.41, 5.74) is 0.629. The summed E-state index contributed by atoms with van der Waals surface area (Å²) in [4.78, 5) is 22.5. The lowest BCUT2D eigenvalue weighted by Gasteiger charge is -2.20. The summed E-state index contributed by atoms with van der Waals surface area (Å²) in [6.07, 6.45) is 3.17. The minimum absolute atomic E-state index is 0.00471. The summed E-state index contributed by atoms with van der Waals surface area (Å²) in [5, 5.41) is 11.4. The molecule has 1 amide bonds. The molecule has 2 N–H and O–H groups in total. The second-order valence-corrected chi connectivity index (χ2v) is 5.87. The first-order valence-electron chi connectivity index (χ1n) is 6.52. The molecule has 0 spiro atoms. The van der Waals surface area contributed by atoms with Crippen LogP contribution in [0.4, 0.5) is 5.69 Å². The highest BCUT2D eigenvalue weighted by Gasteiger charge is 2.21. The van der Waals surface area contributed by atoms with Gasteiger partial charge in [-0.2, -0.15) is 0 Å². The molecule has 1 atom stereocenters. The molecule has 5 nitrogen and oxygen atoms in total. The molecule has 108 valence electrons. The molecule has 1 aliphatic heterocycles. The first-order valence-corrected chi connectivity index (χ1v) is 7.57. The number of ether oxygens (including phenoxy) is 1. The van der Waals surface area contributed by atoms with Crippen LogP contribution in [0.2, 0.25) is 0 Å². The molecule has 1 unspecified atom stereocenters. The largest absolute Gasteiger partial charge is 0.482 e. The van der Waals surface area contributed by atoms with Gasteiger partial charge >= 0.3 is 5.97 Å². The number of hydrogen-bond acceptors (Lipinski definition) is 4. The number of aliphatic carboxylic acids is 1. The zero-order chi connectivity index (χ0) is 14.4. The van der Waals surface area contributed by atoms with Gasteiger partial charge in [0.2, 0.25) is 5.91 Å². The van der Waals surface area contributed by atoms with Gasteiger partial charge in [0, 0.05) is 11.8 Å². The third kappa shape index (κ3) is 4.45. The average Bonchev–Trinajstić information content (AvgIpc) is 2.46. The van der Waals surface area contributed by atoms with E-state index in [9.17, 15) is 9.59 Å². The zero-order valence-electron chi connectivity index (χ0n) is 11.0. The van der Waals surface area contributed by atoms with E-state index in [0.29, 0.717) is 11.4 Å². The lowest BCUT2D eigenvalue weighted by atomic mass is 10.2. The van der Waals surface area contributed by atoms with Crippen molar-refractivity contribution in [2.45, 2.75) is 24.5 Å². The number of rotatable bonds is 5. The highest BCUT2D eigenvalue weighted by molar-refractivity contribution is 8.00. The lowest BCUT2D eigenvalue weighted by Crippen LogP contribution is -2.27. The molecule has 1 aliphatic rings. The van der Waals surface area contributed by atoms with Crippen molar-refractivity contribution in [1.29, 1.82) is 0 Å². The van der Waals surface area contributed by atoms with Crippen molar-refractivity contribution < 1.29 is 19.4 Å². The number of carbonyl (C=O) groups is 2. The highest BCUT2D eigenvalue weighted by atomic mass is 32.2. The van der Waals surface area contributed by atoms with E-state index >= 15 is 0 Å². The summed E-state index contributed by atoms with van der Waals surface area (Å²) in [6.45, 7) is -0.393. The maximum atomic E-state index is 12.1. The maximum absolute atomic E-state index is 12.1. The Kier molecular flexibility index (Phi) is 5.29. The molecule has 1 aromatic rings. The van der Waals surface area contributed by atoms with Crippen molar-refractivity contribution in [3.8, 4) is 5.75 Å². The van der Waals surface area contributed by atoms with Crippen LogP contribution in [0.1, 0.15) is 19.3 Å². The molecule has 1 fully saturated rings. The smallest absolute Gasteiger partial charge is 0.341 e. The second-order valence-electron chi connectivity index (χ2n) is 4.55. The Labute approximate surface area is 121 Å². The molecule has 6 heteroatoms. The Morgan fingerprint density at radius 1 is 1.40 bits per heavy atom. The van der Waals surface area contributed by atoms with Crippen LogP contribution in [-0.4, -0.2) is 34.6 Å². The molecule has 0 aliphatic carbocycles. The van der Waals surface area contributed by atoms with Gasteiger partial charge in [-0.1, -0.05) is 12.5 Å². The molecular weight excluding hydrogens is 278 g/mol. The predicted octanol–water partition coefficient (Wildman–Crippen LogP) is 2.37. The van der Waals surface area contributed by atoms with Gasteiger partial charge in [0.1, 0.15) is 5.75 Å². The van der Waals surface area contributed by atoms with Crippen LogP contribution in [0.15, 0.2) is 24.3 Å². The van der Waals surface area contributed by atoms with Crippen molar-refractivity contribution in [3.63, 3.8) is 0 Å². The number of hydrogen-bond donors (Lipinski definition) is 2. The van der Waals surface area contributed by atoms with E-state index < -0.39 is 12.6 Å². The number of carboxylic acids is 1. The van der Waals surface area contributed by atoms with Gasteiger partial charge < -0.3 is 15.2 Å². The number of amides is 1. The van der Waals surface area contributed by atoms with E-state index in [2.05, 4.69) is 5.32 Å². The fourth-order valence-corrected chi connectivity index (χ4v) is 3.18. The van der Waals surface area contributed by atoms with Crippen LogP contribution in [0.25, 0.3) is 0 Å². The third-order valence-corrected chi connectivity index (χ3v) is 4.31. The van der Waals surface area contributed by atoms with Gasteiger partial charge in [0.05, 0.1) is 5.25 Å². The van der Waals surface area contributed by atoms with Crippen LogP contribution in [0.5, 0.6) is 5.75 Å². The Morgan fingerprint density at radius 2 is 2.25 bits per heavy atom. The number of nitrogens with one attached hydrogen (secondary N) is 1. The predicted molar refractivity (Wildman–Crippen MR) is 78.3 cm³/mol. The van der Waals surface area contributed by atoms with Crippen molar-refractivity contribution in [3.05, 3.63) is 24.3 Å². The van der Waals surface area contributed by atoms with E-state index in [-0.39, 0.29) is 11.2 Å². The topological polar surface area (TPSA) is 75.6 Å². The normalized spacial score (nSPS) is 18.3. The van der Waals surface area contributed by atoms with Crippen molar-refractivity contribution in [2.24, 2.45) is 0 Å². The van der Waals surface area contributed by atoms with Crippen LogP contribution >= 0.6 is 11.8 Å². The average molecular weight is 295 g/mol.